The van der Waals surface area contributed by atoms with E-state index in [0.29, 0.717) is 17.2 Å². The summed E-state index contributed by atoms with van der Waals surface area (Å²) in [5.41, 5.74) is 6.88. The van der Waals surface area contributed by atoms with Crippen molar-refractivity contribution in [3.05, 3.63) is 113 Å². The van der Waals surface area contributed by atoms with Crippen LogP contribution in [0.25, 0.3) is 5.69 Å². The van der Waals surface area contributed by atoms with Gasteiger partial charge in [-0.1, -0.05) is 30.3 Å². The van der Waals surface area contributed by atoms with E-state index in [4.69, 9.17) is 17.0 Å². The number of rotatable bonds is 8. The Kier molecular flexibility index (Phi) is 8.16. The Bertz CT molecular complexity index is 1600. The molecule has 9 heteroatoms. The predicted molar refractivity (Wildman–Crippen MR) is 163 cm³/mol. The van der Waals surface area contributed by atoms with E-state index < -0.39 is 5.97 Å². The number of nitrogens with zero attached hydrogens (tertiary/aromatic N) is 3. The van der Waals surface area contributed by atoms with Crippen molar-refractivity contribution in [2.45, 2.75) is 39.3 Å². The van der Waals surface area contributed by atoms with Crippen LogP contribution in [0.1, 0.15) is 57.1 Å². The van der Waals surface area contributed by atoms with Gasteiger partial charge in [-0.25, -0.2) is 4.79 Å². The molecule has 0 bridgehead atoms. The minimum Gasteiger partial charge on any atom is -0.465 e. The Morgan fingerprint density at radius 1 is 1.02 bits per heavy atom. The van der Waals surface area contributed by atoms with Crippen LogP contribution in [-0.2, 0) is 9.53 Å². The molecule has 8 nitrogen and oxygen atoms in total. The first kappa shape index (κ1) is 28.0. The van der Waals surface area contributed by atoms with E-state index in [1.165, 1.54) is 7.11 Å². The van der Waals surface area contributed by atoms with E-state index in [9.17, 15) is 9.59 Å². The summed E-state index contributed by atoms with van der Waals surface area (Å²) in [6.07, 6.45) is 2.02. The highest BCUT2D eigenvalue weighted by molar-refractivity contribution is 7.80. The normalized spacial score (nSPS) is 16.4. The van der Waals surface area contributed by atoms with Crippen LogP contribution in [0.5, 0.6) is 0 Å². The first-order chi connectivity index (χ1) is 19.8. The molecule has 3 heterocycles. The van der Waals surface area contributed by atoms with E-state index in [1.807, 2.05) is 81.4 Å². The second-order valence-corrected chi connectivity index (χ2v) is 10.5. The molecule has 210 valence electrons. The van der Waals surface area contributed by atoms with Gasteiger partial charge in [0, 0.05) is 36.2 Å². The number of thiocarbonyl (C=S) groups is 1. The quantitative estimate of drug-likeness (QED) is 0.212. The number of esters is 1. The number of hydrogen-bond acceptors (Lipinski definition) is 5. The maximum atomic E-state index is 13.0. The fraction of sp³-hybridized carbons (Fsp3) is 0.250. The zero-order valence-corrected chi connectivity index (χ0v) is 24.4. The molecule has 1 aliphatic heterocycles. The minimum absolute atomic E-state index is 0.0871. The number of para-hydroxylation sites is 1. The molecule has 5 rings (SSSR count). The highest BCUT2D eigenvalue weighted by Gasteiger charge is 2.41. The second kappa shape index (κ2) is 11.9. The number of anilines is 1. The summed E-state index contributed by atoms with van der Waals surface area (Å²) >= 11 is 5.83. The number of aromatic nitrogens is 2. The summed E-state index contributed by atoms with van der Waals surface area (Å²) < 4.78 is 7.13. The third-order valence-electron chi connectivity index (χ3n) is 7.42. The predicted octanol–water partition coefficient (Wildman–Crippen LogP) is 5.59. The van der Waals surface area contributed by atoms with E-state index in [-0.39, 0.29) is 24.4 Å². The van der Waals surface area contributed by atoms with Crippen molar-refractivity contribution in [2.75, 3.05) is 19.0 Å². The number of carbonyl (C=O) groups excluding carboxylic acids is 2. The van der Waals surface area contributed by atoms with Crippen molar-refractivity contribution in [3.63, 3.8) is 0 Å². The molecule has 1 aliphatic rings. The van der Waals surface area contributed by atoms with Crippen LogP contribution in [0.4, 0.5) is 5.69 Å². The van der Waals surface area contributed by atoms with Gasteiger partial charge in [0.05, 0.1) is 36.1 Å². The molecule has 2 N–H and O–H groups in total. The number of ether oxygens (including phenoxy) is 1. The van der Waals surface area contributed by atoms with Gasteiger partial charge in [-0.05, 0) is 86.6 Å². The molecule has 2 atom stereocenters. The van der Waals surface area contributed by atoms with Crippen LogP contribution < -0.4 is 10.6 Å². The van der Waals surface area contributed by atoms with E-state index >= 15 is 0 Å². The lowest BCUT2D eigenvalue weighted by atomic mass is 9.96. The van der Waals surface area contributed by atoms with Gasteiger partial charge in [0.15, 0.2) is 5.11 Å². The van der Waals surface area contributed by atoms with Crippen LogP contribution in [0.2, 0.25) is 0 Å². The van der Waals surface area contributed by atoms with Crippen molar-refractivity contribution in [1.82, 2.24) is 19.8 Å². The number of amides is 1. The van der Waals surface area contributed by atoms with Crippen molar-refractivity contribution in [2.24, 2.45) is 0 Å². The summed E-state index contributed by atoms with van der Waals surface area (Å²) in [5.74, 6) is -0.484. The van der Waals surface area contributed by atoms with Gasteiger partial charge in [-0.15, -0.1) is 0 Å². The first-order valence-corrected chi connectivity index (χ1v) is 13.9. The molecule has 1 saturated heterocycles. The molecule has 0 saturated carbocycles. The number of aryl methyl sites for hydroxylation is 2. The molecule has 0 radical (unpaired) electrons. The first-order valence-electron chi connectivity index (χ1n) is 13.5. The molecule has 1 fully saturated rings. The topological polar surface area (TPSA) is 88.5 Å². The molecule has 2 aromatic carbocycles. The minimum atomic E-state index is -0.397. The van der Waals surface area contributed by atoms with Gasteiger partial charge in [-0.2, -0.15) is 0 Å². The lowest BCUT2D eigenvalue weighted by molar-refractivity contribution is -0.116. The number of benzene rings is 2. The second-order valence-electron chi connectivity index (χ2n) is 10.2. The summed E-state index contributed by atoms with van der Waals surface area (Å²) in [6, 6.07) is 22.6. The third kappa shape index (κ3) is 5.71. The summed E-state index contributed by atoms with van der Waals surface area (Å²) in [7, 11) is 1.38. The van der Waals surface area contributed by atoms with Gasteiger partial charge >= 0.3 is 5.97 Å². The maximum Gasteiger partial charge on any atom is 0.339 e. The molecule has 4 aromatic rings. The van der Waals surface area contributed by atoms with E-state index in [0.717, 1.165) is 39.6 Å². The van der Waals surface area contributed by atoms with Crippen LogP contribution in [0, 0.1) is 20.8 Å². The Labute approximate surface area is 245 Å². The average molecular weight is 568 g/mol. The standard InChI is InChI=1S/C32H33N5O3S/c1-20-10-9-11-23(18-20)34-28(38)15-17-36-30(29(35-32(36)41)26-13-7-8-16-33-26)25-19-21(2)37(22(25)3)27-14-6-5-12-24(27)31(39)40-4/h5-14,16,18-19,29-30H,15,17H2,1-4H3,(H,34,38)(H,35,41)/t29-,30-/m0/s1. The number of hydrogen-bond donors (Lipinski definition) is 2. The molecule has 2 aromatic heterocycles. The third-order valence-corrected chi connectivity index (χ3v) is 7.77. The Hall–Kier alpha value is -4.50. The Morgan fingerprint density at radius 2 is 1.80 bits per heavy atom. The number of nitrogens with one attached hydrogen (secondary N) is 2. The maximum absolute atomic E-state index is 13.0. The van der Waals surface area contributed by atoms with E-state index in [2.05, 4.69) is 31.2 Å². The van der Waals surface area contributed by atoms with Crippen molar-refractivity contribution >= 4 is 34.9 Å². The smallest absolute Gasteiger partial charge is 0.339 e. The zero-order valence-electron chi connectivity index (χ0n) is 23.5. The average Bonchev–Trinajstić information content (AvgIpc) is 3.45. The van der Waals surface area contributed by atoms with Crippen LogP contribution in [-0.4, -0.2) is 45.1 Å². The number of methoxy groups -OCH3 is 1. The summed E-state index contributed by atoms with van der Waals surface area (Å²) in [6.45, 7) is 6.46. The SMILES string of the molecule is COC(=O)c1ccccc1-n1c(C)cc([C@H]2[C@H](c3ccccn3)NC(=S)N2CCC(=O)Nc2cccc(C)c2)c1C. The molecule has 41 heavy (non-hydrogen) atoms. The lowest BCUT2D eigenvalue weighted by Crippen LogP contribution is -2.33. The Morgan fingerprint density at radius 3 is 2.54 bits per heavy atom. The molecule has 0 aliphatic carbocycles. The Balaban J connectivity index is 1.51. The molecular weight excluding hydrogens is 534 g/mol. The van der Waals surface area contributed by atoms with Gasteiger partial charge in [0.2, 0.25) is 5.91 Å². The molecular formula is C32H33N5O3S. The monoisotopic (exact) mass is 567 g/mol. The fourth-order valence-corrected chi connectivity index (χ4v) is 5.89. The number of pyridine rings is 1. The molecule has 0 unspecified atom stereocenters. The van der Waals surface area contributed by atoms with Gasteiger partial charge in [0.1, 0.15) is 0 Å². The largest absolute Gasteiger partial charge is 0.465 e. The van der Waals surface area contributed by atoms with Gasteiger partial charge in [-0.3, -0.25) is 9.78 Å². The zero-order chi connectivity index (χ0) is 29.1. The fourth-order valence-electron chi connectivity index (χ4n) is 5.56. The lowest BCUT2D eigenvalue weighted by Gasteiger charge is -2.28. The van der Waals surface area contributed by atoms with Crippen molar-refractivity contribution < 1.29 is 14.3 Å². The van der Waals surface area contributed by atoms with Crippen molar-refractivity contribution in [1.29, 1.82) is 0 Å². The highest BCUT2D eigenvalue weighted by atomic mass is 32.1. The van der Waals surface area contributed by atoms with Crippen LogP contribution in [0.3, 0.4) is 0 Å². The van der Waals surface area contributed by atoms with Crippen LogP contribution in [0.15, 0.2) is 79.0 Å². The van der Waals surface area contributed by atoms with E-state index in [1.54, 1.807) is 12.3 Å². The summed E-state index contributed by atoms with van der Waals surface area (Å²) in [4.78, 5) is 32.3. The van der Waals surface area contributed by atoms with Crippen molar-refractivity contribution in [3.8, 4) is 5.69 Å². The number of carbonyl (C=O) groups is 2. The molecule has 1 amide bonds. The van der Waals surface area contributed by atoms with Gasteiger partial charge in [0.25, 0.3) is 0 Å². The summed E-state index contributed by atoms with van der Waals surface area (Å²) in [5, 5.41) is 7.03. The highest BCUT2D eigenvalue weighted by Crippen LogP contribution is 2.41. The van der Waals surface area contributed by atoms with Gasteiger partial charge < -0.3 is 24.8 Å². The molecule has 0 spiro atoms. The van der Waals surface area contributed by atoms with Crippen LogP contribution >= 0.6 is 12.2 Å².